The monoisotopic (exact) mass is 202 g/mol. The molecule has 0 radical (unpaired) electrons. The van der Waals surface area contributed by atoms with Crippen LogP contribution in [-0.4, -0.2) is 9.97 Å². The highest BCUT2D eigenvalue weighted by atomic mass is 32.1. The van der Waals surface area contributed by atoms with Crippen molar-refractivity contribution in [3.05, 3.63) is 47.0 Å². The normalized spacial score (nSPS) is 10.1. The Morgan fingerprint density at radius 2 is 2.21 bits per heavy atom. The fraction of sp³-hybridized carbons (Fsp3) is 0.0909. The van der Waals surface area contributed by atoms with Gasteiger partial charge in [-0.05, 0) is 12.5 Å². The van der Waals surface area contributed by atoms with E-state index in [1.54, 1.807) is 12.5 Å². The van der Waals surface area contributed by atoms with Gasteiger partial charge in [0.25, 0.3) is 0 Å². The second-order valence-electron chi connectivity index (χ2n) is 3.16. The first-order valence-electron chi connectivity index (χ1n) is 4.37. The summed E-state index contributed by atoms with van der Waals surface area (Å²) in [6.45, 7) is 2.06. The molecule has 0 spiro atoms. The number of H-pyrrole nitrogens is 1. The summed E-state index contributed by atoms with van der Waals surface area (Å²) in [7, 11) is 0. The summed E-state index contributed by atoms with van der Waals surface area (Å²) in [6.07, 6.45) is 3.38. The molecule has 0 fully saturated rings. The molecule has 0 aliphatic carbocycles. The molecule has 0 saturated carbocycles. The molecule has 0 aliphatic heterocycles. The van der Waals surface area contributed by atoms with E-state index in [9.17, 15) is 0 Å². The molecule has 70 valence electrons. The molecule has 2 aromatic rings. The Labute approximate surface area is 87.7 Å². The van der Waals surface area contributed by atoms with Gasteiger partial charge in [-0.15, -0.1) is 0 Å². The summed E-state index contributed by atoms with van der Waals surface area (Å²) in [5.41, 5.74) is 3.31. The highest BCUT2D eigenvalue weighted by Crippen LogP contribution is 2.19. The van der Waals surface area contributed by atoms with Gasteiger partial charge in [0.05, 0.1) is 6.33 Å². The fourth-order valence-electron chi connectivity index (χ4n) is 1.36. The minimum Gasteiger partial charge on any atom is -0.337 e. The molecule has 1 aromatic carbocycles. The Bertz CT molecular complexity index is 502. The van der Waals surface area contributed by atoms with Crippen LogP contribution in [0.2, 0.25) is 0 Å². The minimum atomic E-state index is 0.727. The van der Waals surface area contributed by atoms with Gasteiger partial charge in [0.2, 0.25) is 0 Å². The SMILES string of the molecule is Cc1cccc(-c2cnc[nH]c2=S)c1. The van der Waals surface area contributed by atoms with Gasteiger partial charge in [-0.3, -0.25) is 0 Å². The lowest BCUT2D eigenvalue weighted by atomic mass is 10.1. The van der Waals surface area contributed by atoms with E-state index in [0.29, 0.717) is 0 Å². The third-order valence-electron chi connectivity index (χ3n) is 2.05. The summed E-state index contributed by atoms with van der Waals surface area (Å²) in [4.78, 5) is 6.95. The van der Waals surface area contributed by atoms with Crippen LogP contribution in [-0.2, 0) is 0 Å². The van der Waals surface area contributed by atoms with Crippen molar-refractivity contribution in [2.75, 3.05) is 0 Å². The Morgan fingerprint density at radius 3 is 2.93 bits per heavy atom. The molecule has 1 N–H and O–H groups in total. The molecule has 2 rings (SSSR count). The van der Waals surface area contributed by atoms with E-state index in [1.807, 2.05) is 12.1 Å². The summed E-state index contributed by atoms with van der Waals surface area (Å²) < 4.78 is 0.727. The number of nitrogens with one attached hydrogen (secondary N) is 1. The highest BCUT2D eigenvalue weighted by molar-refractivity contribution is 7.71. The first kappa shape index (κ1) is 9.09. The van der Waals surface area contributed by atoms with Gasteiger partial charge in [0.15, 0.2) is 0 Å². The first-order valence-corrected chi connectivity index (χ1v) is 4.78. The average molecular weight is 202 g/mol. The molecule has 0 unspecified atom stereocenters. The molecular formula is C11H10N2S. The second kappa shape index (κ2) is 3.72. The zero-order chi connectivity index (χ0) is 9.97. The van der Waals surface area contributed by atoms with E-state index in [-0.39, 0.29) is 0 Å². The molecule has 2 nitrogen and oxygen atoms in total. The molecular weight excluding hydrogens is 192 g/mol. The predicted octanol–water partition coefficient (Wildman–Crippen LogP) is 3.11. The van der Waals surface area contributed by atoms with Crippen LogP contribution in [0.3, 0.4) is 0 Å². The van der Waals surface area contributed by atoms with Crippen molar-refractivity contribution in [2.24, 2.45) is 0 Å². The Balaban J connectivity index is 2.61. The molecule has 1 heterocycles. The van der Waals surface area contributed by atoms with Crippen LogP contribution in [0, 0.1) is 11.6 Å². The summed E-state index contributed by atoms with van der Waals surface area (Å²) in [5.74, 6) is 0. The maximum atomic E-state index is 5.18. The first-order chi connectivity index (χ1) is 6.77. The van der Waals surface area contributed by atoms with E-state index < -0.39 is 0 Å². The van der Waals surface area contributed by atoms with Crippen molar-refractivity contribution in [3.63, 3.8) is 0 Å². The minimum absolute atomic E-state index is 0.727. The van der Waals surface area contributed by atoms with Crippen LogP contribution in [0.15, 0.2) is 36.8 Å². The van der Waals surface area contributed by atoms with Crippen molar-refractivity contribution in [1.82, 2.24) is 9.97 Å². The lowest BCUT2D eigenvalue weighted by molar-refractivity contribution is 1.15. The second-order valence-corrected chi connectivity index (χ2v) is 3.57. The van der Waals surface area contributed by atoms with E-state index in [2.05, 4.69) is 29.0 Å². The number of hydrogen-bond donors (Lipinski definition) is 1. The number of hydrogen-bond acceptors (Lipinski definition) is 2. The number of benzene rings is 1. The van der Waals surface area contributed by atoms with Gasteiger partial charge in [0.1, 0.15) is 4.64 Å². The van der Waals surface area contributed by atoms with Crippen molar-refractivity contribution < 1.29 is 0 Å². The molecule has 0 amide bonds. The van der Waals surface area contributed by atoms with Gasteiger partial charge >= 0.3 is 0 Å². The Kier molecular flexibility index (Phi) is 2.41. The van der Waals surface area contributed by atoms with Gasteiger partial charge in [0, 0.05) is 11.8 Å². The topological polar surface area (TPSA) is 28.7 Å². The van der Waals surface area contributed by atoms with Crippen LogP contribution < -0.4 is 0 Å². The maximum Gasteiger partial charge on any atom is 0.113 e. The standard InChI is InChI=1S/C11H10N2S/c1-8-3-2-4-9(5-8)10-6-12-7-13-11(10)14/h2-7H,1H3,(H,12,13,14). The molecule has 0 aliphatic rings. The lowest BCUT2D eigenvalue weighted by Gasteiger charge is -2.01. The van der Waals surface area contributed by atoms with Gasteiger partial charge in [-0.25, -0.2) is 4.98 Å². The average Bonchev–Trinajstić information content (AvgIpc) is 2.18. The lowest BCUT2D eigenvalue weighted by Crippen LogP contribution is -1.85. The maximum absolute atomic E-state index is 5.18. The molecule has 1 aromatic heterocycles. The third kappa shape index (κ3) is 1.72. The zero-order valence-electron chi connectivity index (χ0n) is 7.82. The zero-order valence-corrected chi connectivity index (χ0v) is 8.64. The molecule has 14 heavy (non-hydrogen) atoms. The van der Waals surface area contributed by atoms with Crippen LogP contribution in [0.25, 0.3) is 11.1 Å². The molecule has 0 atom stereocenters. The summed E-state index contributed by atoms with van der Waals surface area (Å²) in [6, 6.07) is 8.22. The van der Waals surface area contributed by atoms with Gasteiger partial charge in [-0.2, -0.15) is 0 Å². The number of nitrogens with zero attached hydrogens (tertiary/aromatic N) is 1. The van der Waals surface area contributed by atoms with Crippen LogP contribution in [0.5, 0.6) is 0 Å². The summed E-state index contributed by atoms with van der Waals surface area (Å²) in [5, 5.41) is 0. The number of rotatable bonds is 1. The molecule has 0 bridgehead atoms. The van der Waals surface area contributed by atoms with Gasteiger partial charge < -0.3 is 4.98 Å². The Hall–Kier alpha value is -1.48. The van der Waals surface area contributed by atoms with E-state index in [4.69, 9.17) is 12.2 Å². The van der Waals surface area contributed by atoms with Gasteiger partial charge in [-0.1, -0.05) is 42.0 Å². The van der Waals surface area contributed by atoms with E-state index in [0.717, 1.165) is 15.8 Å². The van der Waals surface area contributed by atoms with Crippen LogP contribution in [0.4, 0.5) is 0 Å². The van der Waals surface area contributed by atoms with Crippen molar-refractivity contribution in [3.8, 4) is 11.1 Å². The fourth-order valence-corrected chi connectivity index (χ4v) is 1.59. The van der Waals surface area contributed by atoms with Crippen LogP contribution >= 0.6 is 12.2 Å². The van der Waals surface area contributed by atoms with Crippen molar-refractivity contribution >= 4 is 12.2 Å². The van der Waals surface area contributed by atoms with Crippen LogP contribution in [0.1, 0.15) is 5.56 Å². The summed E-state index contributed by atoms with van der Waals surface area (Å²) >= 11 is 5.18. The van der Waals surface area contributed by atoms with E-state index in [1.165, 1.54) is 5.56 Å². The smallest absolute Gasteiger partial charge is 0.113 e. The third-order valence-corrected chi connectivity index (χ3v) is 2.39. The van der Waals surface area contributed by atoms with E-state index >= 15 is 0 Å². The quantitative estimate of drug-likeness (QED) is 0.720. The largest absolute Gasteiger partial charge is 0.337 e. The van der Waals surface area contributed by atoms with Crippen molar-refractivity contribution in [1.29, 1.82) is 0 Å². The highest BCUT2D eigenvalue weighted by Gasteiger charge is 1.99. The predicted molar refractivity (Wildman–Crippen MR) is 59.6 cm³/mol. The molecule has 3 heteroatoms. The molecule has 0 saturated heterocycles. The number of aromatic amines is 1. The number of aryl methyl sites for hydroxylation is 1. The Morgan fingerprint density at radius 1 is 1.36 bits per heavy atom. The number of aromatic nitrogens is 2. The van der Waals surface area contributed by atoms with Crippen molar-refractivity contribution in [2.45, 2.75) is 6.92 Å².